The van der Waals surface area contributed by atoms with Crippen LogP contribution < -0.4 is 0 Å². The molecule has 0 saturated carbocycles. The van der Waals surface area contributed by atoms with E-state index in [-0.39, 0.29) is 11.9 Å². The third-order valence-electron chi connectivity index (χ3n) is 4.40. The topological polar surface area (TPSA) is 35.9 Å². The predicted molar refractivity (Wildman–Crippen MR) is 95.1 cm³/mol. The minimum absolute atomic E-state index is 0.0576. The van der Waals surface area contributed by atoms with Gasteiger partial charge in [-0.2, -0.15) is 5.10 Å². The van der Waals surface area contributed by atoms with Gasteiger partial charge in [0.1, 0.15) is 0 Å². The Bertz CT molecular complexity index is 688. The highest BCUT2D eigenvalue weighted by atomic mass is 32.1. The fourth-order valence-electron chi connectivity index (χ4n) is 3.24. The number of hydrogen-bond donors (Lipinski definition) is 0. The number of hydrogen-bond acceptors (Lipinski definition) is 5. The smallest absolute Gasteiger partial charge is 0.257 e. The van der Waals surface area contributed by atoms with Crippen molar-refractivity contribution in [1.29, 1.82) is 0 Å². The van der Waals surface area contributed by atoms with Crippen molar-refractivity contribution in [2.24, 2.45) is 5.10 Å². The summed E-state index contributed by atoms with van der Waals surface area (Å²) in [6, 6.07) is 8.34. The van der Waals surface area contributed by atoms with Gasteiger partial charge in [0.2, 0.25) is 0 Å². The normalized spacial score (nSPS) is 21.8. The van der Waals surface area contributed by atoms with E-state index in [2.05, 4.69) is 27.8 Å². The van der Waals surface area contributed by atoms with Crippen LogP contribution in [-0.2, 0) is 4.79 Å². The molecular formula is C17H19N3OS2. The summed E-state index contributed by atoms with van der Waals surface area (Å²) in [6.07, 6.45) is 3.21. The largest absolute Gasteiger partial charge is 0.294 e. The maximum atomic E-state index is 12.8. The second-order valence-electron chi connectivity index (χ2n) is 5.98. The molecule has 0 bridgehead atoms. The number of rotatable bonds is 4. The van der Waals surface area contributed by atoms with E-state index < -0.39 is 0 Å². The predicted octanol–water partition coefficient (Wildman–Crippen LogP) is 3.58. The van der Waals surface area contributed by atoms with E-state index in [1.807, 2.05) is 12.1 Å². The van der Waals surface area contributed by atoms with Crippen molar-refractivity contribution >= 4 is 34.3 Å². The van der Waals surface area contributed by atoms with Crippen LogP contribution in [0.15, 0.2) is 40.1 Å². The van der Waals surface area contributed by atoms with E-state index >= 15 is 0 Å². The van der Waals surface area contributed by atoms with E-state index in [1.165, 1.54) is 22.6 Å². The van der Waals surface area contributed by atoms with E-state index in [9.17, 15) is 4.79 Å². The van der Waals surface area contributed by atoms with Gasteiger partial charge in [0.05, 0.1) is 23.2 Å². The second kappa shape index (κ2) is 6.55. The summed E-state index contributed by atoms with van der Waals surface area (Å²) >= 11 is 3.40. The number of likely N-dealkylation sites (tertiary alicyclic amines) is 1. The first kappa shape index (κ1) is 15.1. The molecule has 0 radical (unpaired) electrons. The Labute approximate surface area is 144 Å². The monoisotopic (exact) mass is 345 g/mol. The van der Waals surface area contributed by atoms with Gasteiger partial charge in [0.15, 0.2) is 0 Å². The Morgan fingerprint density at radius 2 is 1.96 bits per heavy atom. The minimum atomic E-state index is 0.0576. The molecule has 2 aliphatic rings. The Balaban J connectivity index is 1.57. The maximum Gasteiger partial charge on any atom is 0.257 e. The zero-order chi connectivity index (χ0) is 15.6. The Kier molecular flexibility index (Phi) is 4.29. The van der Waals surface area contributed by atoms with E-state index in [1.54, 1.807) is 27.7 Å². The molecule has 0 unspecified atom stereocenters. The zero-order valence-electron chi connectivity index (χ0n) is 12.9. The van der Waals surface area contributed by atoms with Crippen LogP contribution in [0.25, 0.3) is 0 Å². The summed E-state index contributed by atoms with van der Waals surface area (Å²) < 4.78 is 0. The molecule has 4 rings (SSSR count). The molecule has 23 heavy (non-hydrogen) atoms. The van der Waals surface area contributed by atoms with Crippen LogP contribution in [-0.4, -0.2) is 41.2 Å². The number of hydrazone groups is 1. The number of thiophene rings is 2. The van der Waals surface area contributed by atoms with Crippen molar-refractivity contribution < 1.29 is 4.79 Å². The highest BCUT2D eigenvalue weighted by Gasteiger charge is 2.34. The van der Waals surface area contributed by atoms with Crippen LogP contribution in [0.4, 0.5) is 0 Å². The molecule has 4 nitrogen and oxygen atoms in total. The lowest BCUT2D eigenvalue weighted by Gasteiger charge is -2.23. The third kappa shape index (κ3) is 3.11. The van der Waals surface area contributed by atoms with Crippen LogP contribution in [0.5, 0.6) is 0 Å². The highest BCUT2D eigenvalue weighted by Crippen LogP contribution is 2.36. The van der Waals surface area contributed by atoms with Gasteiger partial charge in [-0.1, -0.05) is 12.1 Å². The summed E-state index contributed by atoms with van der Waals surface area (Å²) in [5.74, 6) is 0.122. The Morgan fingerprint density at radius 1 is 1.17 bits per heavy atom. The number of nitrogens with zero attached hydrogens (tertiary/aromatic N) is 3. The van der Waals surface area contributed by atoms with Crippen LogP contribution in [0.2, 0.25) is 0 Å². The molecule has 2 aromatic heterocycles. The second-order valence-corrected chi connectivity index (χ2v) is 7.91. The van der Waals surface area contributed by atoms with Crippen LogP contribution in [0.1, 0.15) is 35.1 Å². The molecule has 1 atom stereocenters. The van der Waals surface area contributed by atoms with Crippen LogP contribution in [0.3, 0.4) is 0 Å². The van der Waals surface area contributed by atoms with E-state index in [4.69, 9.17) is 5.10 Å². The quantitative estimate of drug-likeness (QED) is 0.849. The van der Waals surface area contributed by atoms with Crippen molar-refractivity contribution in [3.05, 3.63) is 44.8 Å². The Hall–Kier alpha value is -1.50. The zero-order valence-corrected chi connectivity index (χ0v) is 14.5. The average molecular weight is 345 g/mol. The molecule has 2 aliphatic heterocycles. The molecule has 0 aliphatic carbocycles. The average Bonchev–Trinajstić information content (AvgIpc) is 3.30. The van der Waals surface area contributed by atoms with Gasteiger partial charge in [-0.3, -0.25) is 9.69 Å². The van der Waals surface area contributed by atoms with Crippen LogP contribution >= 0.6 is 22.7 Å². The fourth-order valence-corrected chi connectivity index (χ4v) is 4.77. The van der Waals surface area contributed by atoms with Gasteiger partial charge in [-0.15, -0.1) is 22.7 Å². The fraction of sp³-hybridized carbons (Fsp3) is 0.412. The lowest BCUT2D eigenvalue weighted by Crippen LogP contribution is -2.36. The first-order valence-electron chi connectivity index (χ1n) is 8.00. The number of amides is 1. The molecule has 120 valence electrons. The SMILES string of the molecule is O=C(CN1CCCC1)N1N=C(c2cccs2)C[C@H]1c1cccs1. The lowest BCUT2D eigenvalue weighted by atomic mass is 10.1. The minimum Gasteiger partial charge on any atom is -0.294 e. The molecule has 1 saturated heterocycles. The summed E-state index contributed by atoms with van der Waals surface area (Å²) in [4.78, 5) is 17.4. The van der Waals surface area contributed by atoms with Crippen molar-refractivity contribution in [2.75, 3.05) is 19.6 Å². The van der Waals surface area contributed by atoms with E-state index in [0.29, 0.717) is 6.54 Å². The standard InChI is InChI=1S/C17H19N3OS2/c21-17(12-19-7-1-2-8-19)20-14(16-6-4-10-23-16)11-13(18-20)15-5-3-9-22-15/h3-6,9-10,14H,1-2,7-8,11-12H2/t14-/m0/s1. The molecule has 0 spiro atoms. The van der Waals surface area contributed by atoms with Gasteiger partial charge in [0.25, 0.3) is 5.91 Å². The molecule has 2 aromatic rings. The first-order chi connectivity index (χ1) is 11.3. The van der Waals surface area contributed by atoms with Gasteiger partial charge >= 0.3 is 0 Å². The molecule has 0 aromatic carbocycles. The number of carbonyl (C=O) groups is 1. The van der Waals surface area contributed by atoms with Gasteiger partial charge < -0.3 is 0 Å². The molecular weight excluding hydrogens is 326 g/mol. The van der Waals surface area contributed by atoms with Crippen molar-refractivity contribution in [1.82, 2.24) is 9.91 Å². The molecule has 1 amide bonds. The summed E-state index contributed by atoms with van der Waals surface area (Å²) in [6.45, 7) is 2.55. The van der Waals surface area contributed by atoms with Gasteiger partial charge in [-0.25, -0.2) is 5.01 Å². The van der Waals surface area contributed by atoms with Crippen molar-refractivity contribution in [2.45, 2.75) is 25.3 Å². The van der Waals surface area contributed by atoms with Crippen molar-refractivity contribution in [3.63, 3.8) is 0 Å². The first-order valence-corrected chi connectivity index (χ1v) is 9.76. The van der Waals surface area contributed by atoms with Crippen molar-refractivity contribution in [3.8, 4) is 0 Å². The molecule has 4 heterocycles. The molecule has 6 heteroatoms. The number of carbonyl (C=O) groups excluding carboxylic acids is 1. The lowest BCUT2D eigenvalue weighted by molar-refractivity contribution is -0.133. The Morgan fingerprint density at radius 3 is 2.65 bits per heavy atom. The molecule has 0 N–H and O–H groups in total. The van der Waals surface area contributed by atoms with Crippen LogP contribution in [0, 0.1) is 0 Å². The molecule has 1 fully saturated rings. The summed E-state index contributed by atoms with van der Waals surface area (Å²) in [5, 5.41) is 10.6. The maximum absolute atomic E-state index is 12.8. The highest BCUT2D eigenvalue weighted by molar-refractivity contribution is 7.12. The van der Waals surface area contributed by atoms with Gasteiger partial charge in [0, 0.05) is 11.3 Å². The summed E-state index contributed by atoms with van der Waals surface area (Å²) in [7, 11) is 0. The van der Waals surface area contributed by atoms with Gasteiger partial charge in [-0.05, 0) is 48.8 Å². The van der Waals surface area contributed by atoms with E-state index in [0.717, 1.165) is 25.2 Å². The third-order valence-corrected chi connectivity index (χ3v) is 6.29. The summed E-state index contributed by atoms with van der Waals surface area (Å²) in [5.41, 5.74) is 1.04.